The molecule has 1 N–H and O–H groups in total. The van der Waals surface area contributed by atoms with Gasteiger partial charge >= 0.3 is 0 Å². The molecule has 0 aliphatic carbocycles. The highest BCUT2D eigenvalue weighted by molar-refractivity contribution is 5.38. The molecule has 2 rings (SSSR count). The highest BCUT2D eigenvalue weighted by Crippen LogP contribution is 2.13. The van der Waals surface area contributed by atoms with Crippen molar-refractivity contribution in [2.45, 2.75) is 26.8 Å². The van der Waals surface area contributed by atoms with Crippen molar-refractivity contribution < 1.29 is 4.74 Å². The van der Waals surface area contributed by atoms with Crippen LogP contribution in [0.3, 0.4) is 0 Å². The summed E-state index contributed by atoms with van der Waals surface area (Å²) in [6.45, 7) is 5.29. The summed E-state index contributed by atoms with van der Waals surface area (Å²) in [6.07, 6.45) is 4.27. The zero-order chi connectivity index (χ0) is 13.5. The Bertz CT molecular complexity index is 530. The fourth-order valence-corrected chi connectivity index (χ4v) is 1.79. The van der Waals surface area contributed by atoms with Crippen LogP contribution in [0.4, 0.5) is 5.82 Å². The third-order valence-corrected chi connectivity index (χ3v) is 2.74. The molecular weight excluding hydrogens is 240 g/mol. The molecule has 5 nitrogen and oxygen atoms in total. The number of anilines is 1. The van der Waals surface area contributed by atoms with Gasteiger partial charge in [-0.3, -0.25) is 4.98 Å². The molecule has 0 unspecified atom stereocenters. The number of hydrogen-bond donors (Lipinski definition) is 1. The predicted octanol–water partition coefficient (Wildman–Crippen LogP) is 2.44. The van der Waals surface area contributed by atoms with Crippen molar-refractivity contribution in [3.05, 3.63) is 42.0 Å². The van der Waals surface area contributed by atoms with Gasteiger partial charge in [-0.05, 0) is 25.0 Å². The van der Waals surface area contributed by atoms with E-state index in [1.54, 1.807) is 6.07 Å². The zero-order valence-electron chi connectivity index (χ0n) is 11.3. The van der Waals surface area contributed by atoms with Crippen LogP contribution in [0.2, 0.25) is 0 Å². The number of hydrogen-bond acceptors (Lipinski definition) is 5. The van der Waals surface area contributed by atoms with Gasteiger partial charge in [0.2, 0.25) is 5.88 Å². The maximum atomic E-state index is 5.34. The minimum Gasteiger partial charge on any atom is -0.478 e. The average molecular weight is 258 g/mol. The summed E-state index contributed by atoms with van der Waals surface area (Å²) < 4.78 is 5.34. The van der Waals surface area contributed by atoms with E-state index in [-0.39, 0.29) is 0 Å². The molecule has 0 atom stereocenters. The van der Waals surface area contributed by atoms with Crippen molar-refractivity contribution >= 4 is 5.82 Å². The maximum absolute atomic E-state index is 5.34. The molecule has 0 amide bonds. The molecule has 0 saturated heterocycles. The summed E-state index contributed by atoms with van der Waals surface area (Å²) in [4.78, 5) is 12.6. The van der Waals surface area contributed by atoms with Crippen LogP contribution in [0.1, 0.15) is 25.1 Å². The Hall–Kier alpha value is -2.17. The SMILES string of the molecule is CCOc1cc(NCc2ncccc2CC)ncn1. The molecule has 0 aliphatic heterocycles. The summed E-state index contributed by atoms with van der Waals surface area (Å²) in [5, 5.41) is 3.24. The van der Waals surface area contributed by atoms with Crippen LogP contribution in [0.15, 0.2) is 30.7 Å². The van der Waals surface area contributed by atoms with Crippen LogP contribution in [-0.4, -0.2) is 21.6 Å². The number of pyridine rings is 1. The first-order valence-electron chi connectivity index (χ1n) is 6.45. The normalized spacial score (nSPS) is 10.2. The molecule has 0 aromatic carbocycles. The van der Waals surface area contributed by atoms with Gasteiger partial charge in [0.15, 0.2) is 0 Å². The molecule has 0 saturated carbocycles. The van der Waals surface area contributed by atoms with Crippen LogP contribution >= 0.6 is 0 Å². The van der Waals surface area contributed by atoms with Gasteiger partial charge in [-0.15, -0.1) is 0 Å². The van der Waals surface area contributed by atoms with Crippen molar-refractivity contribution in [1.29, 1.82) is 0 Å². The Morgan fingerprint density at radius 3 is 2.89 bits per heavy atom. The molecule has 100 valence electrons. The second kappa shape index (κ2) is 6.68. The van der Waals surface area contributed by atoms with Gasteiger partial charge < -0.3 is 10.1 Å². The van der Waals surface area contributed by atoms with Gasteiger partial charge in [0.1, 0.15) is 12.1 Å². The third-order valence-electron chi connectivity index (χ3n) is 2.74. The van der Waals surface area contributed by atoms with Crippen LogP contribution in [0, 0.1) is 0 Å². The van der Waals surface area contributed by atoms with Crippen molar-refractivity contribution in [1.82, 2.24) is 15.0 Å². The predicted molar refractivity (Wildman–Crippen MR) is 74.1 cm³/mol. The molecule has 0 radical (unpaired) electrons. The molecule has 2 aromatic heterocycles. The molecular formula is C14H18N4O. The Labute approximate surface area is 113 Å². The first-order chi connectivity index (χ1) is 9.33. The monoisotopic (exact) mass is 258 g/mol. The standard InChI is InChI=1S/C14H18N4O/c1-3-11-6-5-7-15-12(11)9-16-13-8-14(19-4-2)18-10-17-13/h5-8,10H,3-4,9H2,1-2H3,(H,16,17,18). The Morgan fingerprint density at radius 1 is 1.21 bits per heavy atom. The van der Waals surface area contributed by atoms with Gasteiger partial charge in [-0.2, -0.15) is 0 Å². The van der Waals surface area contributed by atoms with E-state index < -0.39 is 0 Å². The van der Waals surface area contributed by atoms with Gasteiger partial charge in [-0.25, -0.2) is 9.97 Å². The van der Waals surface area contributed by atoms with Crippen molar-refractivity contribution in [2.75, 3.05) is 11.9 Å². The summed E-state index contributed by atoms with van der Waals surface area (Å²) in [6, 6.07) is 5.84. The number of nitrogens with one attached hydrogen (secondary N) is 1. The fraction of sp³-hybridized carbons (Fsp3) is 0.357. The van der Waals surface area contributed by atoms with E-state index in [9.17, 15) is 0 Å². The van der Waals surface area contributed by atoms with Crippen molar-refractivity contribution in [3.8, 4) is 5.88 Å². The summed E-state index contributed by atoms with van der Waals surface area (Å²) in [5.74, 6) is 1.32. The minimum atomic E-state index is 0.580. The van der Waals surface area contributed by atoms with E-state index in [1.807, 2.05) is 19.2 Å². The van der Waals surface area contributed by atoms with Crippen LogP contribution < -0.4 is 10.1 Å². The van der Waals surface area contributed by atoms with Gasteiger partial charge in [0, 0.05) is 12.3 Å². The Morgan fingerprint density at radius 2 is 2.11 bits per heavy atom. The van der Waals surface area contributed by atoms with Crippen LogP contribution in [0.25, 0.3) is 0 Å². The second-order valence-corrected chi connectivity index (χ2v) is 3.99. The van der Waals surface area contributed by atoms with E-state index in [2.05, 4.69) is 33.3 Å². The number of nitrogens with zero attached hydrogens (tertiary/aromatic N) is 3. The van der Waals surface area contributed by atoms with E-state index >= 15 is 0 Å². The first kappa shape index (κ1) is 13.3. The quantitative estimate of drug-likeness (QED) is 0.862. The van der Waals surface area contributed by atoms with Gasteiger partial charge in [0.25, 0.3) is 0 Å². The molecule has 5 heteroatoms. The van der Waals surface area contributed by atoms with Crippen molar-refractivity contribution in [3.63, 3.8) is 0 Å². The lowest BCUT2D eigenvalue weighted by Crippen LogP contribution is -2.06. The highest BCUT2D eigenvalue weighted by Gasteiger charge is 2.03. The lowest BCUT2D eigenvalue weighted by Gasteiger charge is -2.09. The Kier molecular flexibility index (Phi) is 4.66. The molecule has 0 spiro atoms. The van der Waals surface area contributed by atoms with Crippen LogP contribution in [-0.2, 0) is 13.0 Å². The lowest BCUT2D eigenvalue weighted by atomic mass is 10.1. The summed E-state index contributed by atoms with van der Waals surface area (Å²) >= 11 is 0. The third kappa shape index (κ3) is 3.64. The van der Waals surface area contributed by atoms with E-state index in [4.69, 9.17) is 4.74 Å². The van der Waals surface area contributed by atoms with E-state index in [1.165, 1.54) is 11.9 Å². The largest absolute Gasteiger partial charge is 0.478 e. The van der Waals surface area contributed by atoms with Crippen molar-refractivity contribution in [2.24, 2.45) is 0 Å². The molecule has 0 fully saturated rings. The average Bonchev–Trinajstić information content (AvgIpc) is 2.46. The lowest BCUT2D eigenvalue weighted by molar-refractivity contribution is 0.326. The van der Waals surface area contributed by atoms with Crippen LogP contribution in [0.5, 0.6) is 5.88 Å². The fourth-order valence-electron chi connectivity index (χ4n) is 1.79. The molecule has 2 aromatic rings. The Balaban J connectivity index is 2.03. The number of aromatic nitrogens is 3. The number of rotatable bonds is 6. The maximum Gasteiger partial charge on any atom is 0.218 e. The molecule has 19 heavy (non-hydrogen) atoms. The smallest absolute Gasteiger partial charge is 0.218 e. The van der Waals surface area contributed by atoms with E-state index in [0.29, 0.717) is 19.0 Å². The van der Waals surface area contributed by atoms with E-state index in [0.717, 1.165) is 17.9 Å². The molecule has 0 aliphatic rings. The summed E-state index contributed by atoms with van der Waals surface area (Å²) in [5.41, 5.74) is 2.29. The molecule has 0 bridgehead atoms. The first-order valence-corrected chi connectivity index (χ1v) is 6.45. The highest BCUT2D eigenvalue weighted by atomic mass is 16.5. The van der Waals surface area contributed by atoms with Gasteiger partial charge in [-0.1, -0.05) is 13.0 Å². The minimum absolute atomic E-state index is 0.580. The zero-order valence-corrected chi connectivity index (χ0v) is 11.3. The number of ether oxygens (including phenoxy) is 1. The number of aryl methyl sites for hydroxylation is 1. The summed E-state index contributed by atoms with van der Waals surface area (Å²) in [7, 11) is 0. The topological polar surface area (TPSA) is 59.9 Å². The van der Waals surface area contributed by atoms with Gasteiger partial charge in [0.05, 0.1) is 18.8 Å². The molecule has 2 heterocycles. The second-order valence-electron chi connectivity index (χ2n) is 3.99.